The number of ether oxygens (including phenoxy) is 1. The van der Waals surface area contributed by atoms with E-state index in [4.69, 9.17) is 10.5 Å². The molecule has 1 aliphatic rings. The van der Waals surface area contributed by atoms with Crippen molar-refractivity contribution >= 4 is 17.2 Å². The van der Waals surface area contributed by atoms with Gasteiger partial charge in [0, 0.05) is 23.5 Å². The lowest BCUT2D eigenvalue weighted by Crippen LogP contribution is -2.35. The van der Waals surface area contributed by atoms with Crippen molar-refractivity contribution in [3.63, 3.8) is 0 Å². The Morgan fingerprint density at radius 2 is 2.38 bits per heavy atom. The van der Waals surface area contributed by atoms with Crippen molar-refractivity contribution in [2.45, 2.75) is 38.8 Å². The van der Waals surface area contributed by atoms with Gasteiger partial charge in [-0.05, 0) is 37.1 Å². The number of carbonyl (C=O) groups excluding carboxylic acids is 1. The standard InChI is InChI=1S/C16H22N2O2S/c1-2-20-14-8-12(9-14)10-16(19)18-11-15-13(4-3-6-17)5-7-21-15/h5,7,12,14H,2,6,8-11,17H2,1H3,(H,18,19). The molecular formula is C16H22N2O2S. The van der Waals surface area contributed by atoms with Gasteiger partial charge in [-0.25, -0.2) is 0 Å². The molecule has 0 atom stereocenters. The summed E-state index contributed by atoms with van der Waals surface area (Å²) < 4.78 is 5.51. The smallest absolute Gasteiger partial charge is 0.220 e. The van der Waals surface area contributed by atoms with Crippen molar-refractivity contribution in [3.05, 3.63) is 21.9 Å². The number of rotatable bonds is 6. The van der Waals surface area contributed by atoms with Gasteiger partial charge in [0.25, 0.3) is 0 Å². The van der Waals surface area contributed by atoms with Crippen LogP contribution in [-0.4, -0.2) is 25.2 Å². The van der Waals surface area contributed by atoms with E-state index in [1.54, 1.807) is 11.3 Å². The molecule has 1 amide bonds. The third-order valence-electron chi connectivity index (χ3n) is 3.59. The molecule has 4 nitrogen and oxygen atoms in total. The summed E-state index contributed by atoms with van der Waals surface area (Å²) in [6, 6.07) is 1.97. The summed E-state index contributed by atoms with van der Waals surface area (Å²) in [5.74, 6) is 6.46. The molecule has 0 saturated heterocycles. The third kappa shape index (κ3) is 4.85. The second-order valence-corrected chi connectivity index (χ2v) is 6.16. The van der Waals surface area contributed by atoms with Crippen LogP contribution in [0.1, 0.15) is 36.6 Å². The largest absolute Gasteiger partial charge is 0.378 e. The van der Waals surface area contributed by atoms with E-state index in [1.165, 1.54) is 0 Å². The topological polar surface area (TPSA) is 64.3 Å². The first-order chi connectivity index (χ1) is 10.2. The number of nitrogens with one attached hydrogen (secondary N) is 1. The normalized spacial score (nSPS) is 20.3. The monoisotopic (exact) mass is 306 g/mol. The maximum absolute atomic E-state index is 11.9. The van der Waals surface area contributed by atoms with Crippen LogP contribution in [0.15, 0.2) is 11.4 Å². The van der Waals surface area contributed by atoms with Gasteiger partial charge in [-0.15, -0.1) is 11.3 Å². The highest BCUT2D eigenvalue weighted by atomic mass is 32.1. The molecule has 21 heavy (non-hydrogen) atoms. The maximum atomic E-state index is 11.9. The number of thiophene rings is 1. The van der Waals surface area contributed by atoms with Crippen LogP contribution in [0.5, 0.6) is 0 Å². The van der Waals surface area contributed by atoms with E-state index < -0.39 is 0 Å². The van der Waals surface area contributed by atoms with E-state index in [1.807, 2.05) is 18.4 Å². The summed E-state index contributed by atoms with van der Waals surface area (Å²) in [6.07, 6.45) is 2.97. The highest BCUT2D eigenvalue weighted by Gasteiger charge is 2.30. The van der Waals surface area contributed by atoms with Gasteiger partial charge in [0.2, 0.25) is 5.91 Å². The molecule has 1 heterocycles. The van der Waals surface area contributed by atoms with Gasteiger partial charge in [0.05, 0.1) is 19.2 Å². The molecule has 1 aromatic heterocycles. The Hall–Kier alpha value is -1.35. The van der Waals surface area contributed by atoms with E-state index in [9.17, 15) is 4.79 Å². The fourth-order valence-corrected chi connectivity index (χ4v) is 3.23. The zero-order valence-corrected chi connectivity index (χ0v) is 13.2. The number of hydrogen-bond donors (Lipinski definition) is 2. The minimum Gasteiger partial charge on any atom is -0.378 e. The fourth-order valence-electron chi connectivity index (χ4n) is 2.46. The Labute approximate surface area is 130 Å². The fraction of sp³-hybridized carbons (Fsp3) is 0.562. The summed E-state index contributed by atoms with van der Waals surface area (Å²) in [5.41, 5.74) is 6.34. The second kappa shape index (κ2) is 8.18. The van der Waals surface area contributed by atoms with Crippen LogP contribution in [0.3, 0.4) is 0 Å². The van der Waals surface area contributed by atoms with Crippen LogP contribution in [0, 0.1) is 17.8 Å². The van der Waals surface area contributed by atoms with Gasteiger partial charge in [0.15, 0.2) is 0 Å². The Balaban J connectivity index is 1.71. The van der Waals surface area contributed by atoms with E-state index in [2.05, 4.69) is 17.2 Å². The van der Waals surface area contributed by atoms with Gasteiger partial charge in [-0.3, -0.25) is 4.79 Å². The summed E-state index contributed by atoms with van der Waals surface area (Å²) in [6.45, 7) is 3.66. The molecule has 0 bridgehead atoms. The average Bonchev–Trinajstić information content (AvgIpc) is 2.88. The zero-order valence-electron chi connectivity index (χ0n) is 12.4. The summed E-state index contributed by atoms with van der Waals surface area (Å²) >= 11 is 1.61. The molecule has 114 valence electrons. The highest BCUT2D eigenvalue weighted by molar-refractivity contribution is 7.10. The second-order valence-electron chi connectivity index (χ2n) is 5.16. The quantitative estimate of drug-likeness (QED) is 0.789. The Bertz CT molecular complexity index is 524. The molecule has 0 spiro atoms. The number of nitrogens with two attached hydrogens (primary N) is 1. The number of carbonyl (C=O) groups is 1. The van der Waals surface area contributed by atoms with Crippen LogP contribution >= 0.6 is 11.3 Å². The lowest BCUT2D eigenvalue weighted by atomic mass is 9.80. The van der Waals surface area contributed by atoms with Crippen molar-refractivity contribution in [1.82, 2.24) is 5.32 Å². The minimum absolute atomic E-state index is 0.112. The van der Waals surface area contributed by atoms with E-state index >= 15 is 0 Å². The molecule has 0 aromatic carbocycles. The van der Waals surface area contributed by atoms with Crippen LogP contribution in [0.4, 0.5) is 0 Å². The van der Waals surface area contributed by atoms with Crippen LogP contribution in [-0.2, 0) is 16.1 Å². The van der Waals surface area contributed by atoms with Crippen molar-refractivity contribution in [1.29, 1.82) is 0 Å². The molecule has 3 N–H and O–H groups in total. The van der Waals surface area contributed by atoms with Crippen LogP contribution in [0.2, 0.25) is 0 Å². The van der Waals surface area contributed by atoms with Crippen molar-refractivity contribution in [2.24, 2.45) is 11.7 Å². The Kier molecular flexibility index (Phi) is 6.24. The molecule has 0 aliphatic heterocycles. The minimum atomic E-state index is 0.112. The Morgan fingerprint density at radius 1 is 1.57 bits per heavy atom. The van der Waals surface area contributed by atoms with Crippen molar-refractivity contribution < 1.29 is 9.53 Å². The van der Waals surface area contributed by atoms with Crippen molar-refractivity contribution in [3.8, 4) is 11.8 Å². The van der Waals surface area contributed by atoms with Crippen molar-refractivity contribution in [2.75, 3.05) is 13.2 Å². The van der Waals surface area contributed by atoms with E-state index in [0.29, 0.717) is 31.5 Å². The predicted octanol–water partition coefficient (Wildman–Crippen LogP) is 1.88. The summed E-state index contributed by atoms with van der Waals surface area (Å²) in [4.78, 5) is 13.0. The van der Waals surface area contributed by atoms with Gasteiger partial charge in [-0.2, -0.15) is 0 Å². The third-order valence-corrected chi connectivity index (χ3v) is 4.51. The van der Waals surface area contributed by atoms with Crippen LogP contribution in [0.25, 0.3) is 0 Å². The van der Waals surface area contributed by atoms with Gasteiger partial charge >= 0.3 is 0 Å². The highest BCUT2D eigenvalue weighted by Crippen LogP contribution is 2.32. The average molecular weight is 306 g/mol. The first-order valence-electron chi connectivity index (χ1n) is 7.36. The SMILES string of the molecule is CCOC1CC(CC(=O)NCc2sccc2C#CCN)C1. The molecule has 1 aliphatic carbocycles. The molecular weight excluding hydrogens is 284 g/mol. The summed E-state index contributed by atoms with van der Waals surface area (Å²) in [7, 11) is 0. The van der Waals surface area contributed by atoms with E-state index in [0.717, 1.165) is 29.9 Å². The molecule has 0 unspecified atom stereocenters. The van der Waals surface area contributed by atoms with Crippen LogP contribution < -0.4 is 11.1 Å². The lowest BCUT2D eigenvalue weighted by molar-refractivity contribution is -0.124. The molecule has 1 saturated carbocycles. The molecule has 1 aromatic rings. The maximum Gasteiger partial charge on any atom is 0.220 e. The van der Waals surface area contributed by atoms with Gasteiger partial charge in [-0.1, -0.05) is 11.8 Å². The molecule has 5 heteroatoms. The van der Waals surface area contributed by atoms with E-state index in [-0.39, 0.29) is 5.91 Å². The predicted molar refractivity (Wildman–Crippen MR) is 84.9 cm³/mol. The zero-order chi connectivity index (χ0) is 15.1. The molecule has 1 fully saturated rings. The first-order valence-corrected chi connectivity index (χ1v) is 8.24. The molecule has 2 rings (SSSR count). The first kappa shape index (κ1) is 16.0. The van der Waals surface area contributed by atoms with Gasteiger partial charge in [0.1, 0.15) is 0 Å². The number of hydrogen-bond acceptors (Lipinski definition) is 4. The van der Waals surface area contributed by atoms with Gasteiger partial charge < -0.3 is 15.8 Å². The number of amides is 1. The molecule has 0 radical (unpaired) electrons. The summed E-state index contributed by atoms with van der Waals surface area (Å²) in [5, 5.41) is 4.97. The lowest BCUT2D eigenvalue weighted by Gasteiger charge is -2.34. The Morgan fingerprint density at radius 3 is 3.10 bits per heavy atom.